The van der Waals surface area contributed by atoms with E-state index in [0.717, 1.165) is 37.9 Å². The van der Waals surface area contributed by atoms with Gasteiger partial charge in [-0.15, -0.1) is 0 Å². The van der Waals surface area contributed by atoms with Gasteiger partial charge in [0, 0.05) is 5.56 Å². The average Bonchev–Trinajstić information content (AvgIpc) is 2.59. The molecule has 1 aromatic rings. The Balaban J connectivity index is 3.08. The van der Waals surface area contributed by atoms with Gasteiger partial charge in [0.2, 0.25) is 0 Å². The molecule has 23 heavy (non-hydrogen) atoms. The first kappa shape index (κ1) is 19.7. The fraction of sp³-hybridized carbons (Fsp3) is 0.632. The lowest BCUT2D eigenvalue weighted by molar-refractivity contribution is 0.0514. The summed E-state index contributed by atoms with van der Waals surface area (Å²) in [5.41, 5.74) is 0.301. The SMILES string of the molecule is CCCC(CC)(C(=O)c1ccc(OCCO)cc1)N(CC)CC. The van der Waals surface area contributed by atoms with Gasteiger partial charge in [-0.2, -0.15) is 0 Å². The number of carbonyl (C=O) groups excluding carboxylic acids is 1. The predicted octanol–water partition coefficient (Wildman–Crippen LogP) is 3.53. The minimum atomic E-state index is -0.425. The number of likely N-dealkylation sites (N-methyl/N-ethyl adjacent to an activating group) is 1. The fourth-order valence-corrected chi connectivity index (χ4v) is 3.35. The molecule has 0 fully saturated rings. The lowest BCUT2D eigenvalue weighted by Gasteiger charge is -2.41. The summed E-state index contributed by atoms with van der Waals surface area (Å²) in [5, 5.41) is 8.80. The maximum absolute atomic E-state index is 13.2. The van der Waals surface area contributed by atoms with E-state index < -0.39 is 5.54 Å². The lowest BCUT2D eigenvalue weighted by atomic mass is 9.81. The normalized spacial score (nSPS) is 13.8. The Morgan fingerprint density at radius 3 is 2.17 bits per heavy atom. The molecule has 0 saturated heterocycles. The van der Waals surface area contributed by atoms with Crippen LogP contribution in [0.1, 0.15) is 57.3 Å². The lowest BCUT2D eigenvalue weighted by Crippen LogP contribution is -2.54. The van der Waals surface area contributed by atoms with Crippen LogP contribution in [0.25, 0.3) is 0 Å². The molecule has 1 N–H and O–H groups in total. The highest BCUT2D eigenvalue weighted by atomic mass is 16.5. The standard InChI is InChI=1S/C19H31NO3/c1-5-13-19(6-2,20(7-3)8-4)18(22)16-9-11-17(12-10-16)23-15-14-21/h9-12,21H,5-8,13-15H2,1-4H3. The summed E-state index contributed by atoms with van der Waals surface area (Å²) in [6.07, 6.45) is 2.66. The number of aliphatic hydroxyl groups excluding tert-OH is 1. The first-order valence-electron chi connectivity index (χ1n) is 8.73. The van der Waals surface area contributed by atoms with E-state index in [2.05, 4.69) is 32.6 Å². The molecule has 130 valence electrons. The van der Waals surface area contributed by atoms with Crippen LogP contribution >= 0.6 is 0 Å². The van der Waals surface area contributed by atoms with Crippen LogP contribution in [0, 0.1) is 0 Å². The van der Waals surface area contributed by atoms with E-state index in [4.69, 9.17) is 9.84 Å². The van der Waals surface area contributed by atoms with E-state index in [0.29, 0.717) is 5.75 Å². The zero-order valence-electron chi connectivity index (χ0n) is 15.0. The van der Waals surface area contributed by atoms with Crippen molar-refractivity contribution in [1.29, 1.82) is 0 Å². The molecular weight excluding hydrogens is 290 g/mol. The van der Waals surface area contributed by atoms with Crippen molar-refractivity contribution in [3.05, 3.63) is 29.8 Å². The number of ether oxygens (including phenoxy) is 1. The fourth-order valence-electron chi connectivity index (χ4n) is 3.35. The molecule has 0 bridgehead atoms. The van der Waals surface area contributed by atoms with E-state index in [9.17, 15) is 4.79 Å². The Bertz CT molecular complexity index is 468. The van der Waals surface area contributed by atoms with Crippen molar-refractivity contribution < 1.29 is 14.6 Å². The topological polar surface area (TPSA) is 49.8 Å². The summed E-state index contributed by atoms with van der Waals surface area (Å²) in [6.45, 7) is 10.4. The second-order valence-corrected chi connectivity index (χ2v) is 5.73. The summed E-state index contributed by atoms with van der Waals surface area (Å²) in [7, 11) is 0. The number of carbonyl (C=O) groups is 1. The number of Topliss-reactive ketones (excluding diaryl/α,β-unsaturated/α-hetero) is 1. The summed E-state index contributed by atoms with van der Waals surface area (Å²) in [4.78, 5) is 15.5. The van der Waals surface area contributed by atoms with Crippen LogP contribution in [0.3, 0.4) is 0 Å². The van der Waals surface area contributed by atoms with Crippen LogP contribution in [-0.2, 0) is 0 Å². The quantitative estimate of drug-likeness (QED) is 0.634. The van der Waals surface area contributed by atoms with Crippen molar-refractivity contribution in [2.45, 2.75) is 52.5 Å². The van der Waals surface area contributed by atoms with Gasteiger partial charge >= 0.3 is 0 Å². The number of ketones is 1. The molecule has 1 atom stereocenters. The molecule has 0 aliphatic carbocycles. The zero-order valence-corrected chi connectivity index (χ0v) is 15.0. The molecule has 1 rings (SSSR count). The van der Waals surface area contributed by atoms with E-state index in [-0.39, 0.29) is 19.0 Å². The first-order valence-corrected chi connectivity index (χ1v) is 8.73. The van der Waals surface area contributed by atoms with Crippen LogP contribution in [0.4, 0.5) is 0 Å². The highest BCUT2D eigenvalue weighted by Crippen LogP contribution is 2.30. The number of rotatable bonds is 11. The van der Waals surface area contributed by atoms with Crippen molar-refractivity contribution in [2.24, 2.45) is 0 Å². The molecule has 1 aromatic carbocycles. The second kappa shape index (κ2) is 9.68. The van der Waals surface area contributed by atoms with Gasteiger partial charge in [-0.3, -0.25) is 9.69 Å². The largest absolute Gasteiger partial charge is 0.491 e. The highest BCUT2D eigenvalue weighted by molar-refractivity contribution is 6.03. The summed E-state index contributed by atoms with van der Waals surface area (Å²) in [5.74, 6) is 0.871. The molecular formula is C19H31NO3. The van der Waals surface area contributed by atoms with Crippen LogP contribution in [0.2, 0.25) is 0 Å². The van der Waals surface area contributed by atoms with Crippen LogP contribution < -0.4 is 4.74 Å². The highest BCUT2D eigenvalue weighted by Gasteiger charge is 2.40. The third-order valence-corrected chi connectivity index (χ3v) is 4.52. The second-order valence-electron chi connectivity index (χ2n) is 5.73. The van der Waals surface area contributed by atoms with Crippen LogP contribution in [0.5, 0.6) is 5.75 Å². The average molecular weight is 321 g/mol. The van der Waals surface area contributed by atoms with Gasteiger partial charge < -0.3 is 9.84 Å². The molecule has 0 radical (unpaired) electrons. The smallest absolute Gasteiger partial charge is 0.183 e. The van der Waals surface area contributed by atoms with Crippen LogP contribution in [0.15, 0.2) is 24.3 Å². The van der Waals surface area contributed by atoms with E-state index in [1.165, 1.54) is 0 Å². The maximum Gasteiger partial charge on any atom is 0.183 e. The maximum atomic E-state index is 13.2. The Morgan fingerprint density at radius 1 is 1.13 bits per heavy atom. The molecule has 4 heteroatoms. The third kappa shape index (κ3) is 4.55. The van der Waals surface area contributed by atoms with E-state index >= 15 is 0 Å². The Hall–Kier alpha value is -1.39. The van der Waals surface area contributed by atoms with Gasteiger partial charge in [-0.1, -0.05) is 34.1 Å². The minimum absolute atomic E-state index is 0.0158. The number of benzene rings is 1. The molecule has 0 saturated carbocycles. The molecule has 4 nitrogen and oxygen atoms in total. The Labute approximate surface area is 140 Å². The summed E-state index contributed by atoms with van der Waals surface area (Å²) < 4.78 is 5.37. The monoisotopic (exact) mass is 321 g/mol. The van der Waals surface area contributed by atoms with Crippen molar-refractivity contribution >= 4 is 5.78 Å². The van der Waals surface area contributed by atoms with Gasteiger partial charge in [0.1, 0.15) is 12.4 Å². The first-order chi connectivity index (χ1) is 11.1. The molecule has 0 heterocycles. The molecule has 0 aromatic heterocycles. The zero-order chi connectivity index (χ0) is 17.3. The molecule has 1 unspecified atom stereocenters. The Morgan fingerprint density at radius 2 is 1.74 bits per heavy atom. The van der Waals surface area contributed by atoms with Crippen molar-refractivity contribution in [3.63, 3.8) is 0 Å². The van der Waals surface area contributed by atoms with Gasteiger partial charge in [-0.05, 0) is 50.2 Å². The van der Waals surface area contributed by atoms with Gasteiger partial charge in [0.15, 0.2) is 5.78 Å². The van der Waals surface area contributed by atoms with Gasteiger partial charge in [0.25, 0.3) is 0 Å². The molecule has 0 aliphatic heterocycles. The number of aliphatic hydroxyl groups is 1. The molecule has 0 amide bonds. The third-order valence-electron chi connectivity index (χ3n) is 4.52. The number of nitrogens with zero attached hydrogens (tertiary/aromatic N) is 1. The van der Waals surface area contributed by atoms with Crippen molar-refractivity contribution in [2.75, 3.05) is 26.3 Å². The van der Waals surface area contributed by atoms with E-state index in [1.807, 2.05) is 12.1 Å². The Kier molecular flexibility index (Phi) is 8.28. The van der Waals surface area contributed by atoms with Gasteiger partial charge in [-0.25, -0.2) is 0 Å². The molecule has 0 aliphatic rings. The van der Waals surface area contributed by atoms with Crippen LogP contribution in [-0.4, -0.2) is 47.6 Å². The van der Waals surface area contributed by atoms with Crippen molar-refractivity contribution in [1.82, 2.24) is 4.90 Å². The summed E-state index contributed by atoms with van der Waals surface area (Å²) in [6, 6.07) is 7.27. The van der Waals surface area contributed by atoms with Crippen molar-refractivity contribution in [3.8, 4) is 5.75 Å². The summed E-state index contributed by atoms with van der Waals surface area (Å²) >= 11 is 0. The molecule has 0 spiro atoms. The van der Waals surface area contributed by atoms with E-state index in [1.54, 1.807) is 12.1 Å². The minimum Gasteiger partial charge on any atom is -0.491 e. The van der Waals surface area contributed by atoms with Gasteiger partial charge in [0.05, 0.1) is 12.1 Å². The number of hydrogen-bond acceptors (Lipinski definition) is 4. The number of hydrogen-bond donors (Lipinski definition) is 1. The predicted molar refractivity (Wildman–Crippen MR) is 94.2 cm³/mol.